The Kier molecular flexibility index (Phi) is 5.37. The molecule has 4 rings (SSSR count). The van der Waals surface area contributed by atoms with Crippen LogP contribution in [0.5, 0.6) is 11.5 Å². The minimum Gasteiger partial charge on any atom is -0.497 e. The summed E-state index contributed by atoms with van der Waals surface area (Å²) in [6.45, 7) is 1.57. The summed E-state index contributed by atoms with van der Waals surface area (Å²) >= 11 is 0. The van der Waals surface area contributed by atoms with Gasteiger partial charge < -0.3 is 19.7 Å². The highest BCUT2D eigenvalue weighted by molar-refractivity contribution is 5.94. The molecule has 1 fully saturated rings. The van der Waals surface area contributed by atoms with E-state index in [4.69, 9.17) is 9.47 Å². The number of benzene rings is 2. The molecule has 29 heavy (non-hydrogen) atoms. The van der Waals surface area contributed by atoms with E-state index in [0.29, 0.717) is 11.3 Å². The van der Waals surface area contributed by atoms with E-state index in [1.165, 1.54) is 0 Å². The molecule has 1 aromatic heterocycles. The van der Waals surface area contributed by atoms with Gasteiger partial charge in [0, 0.05) is 30.8 Å². The summed E-state index contributed by atoms with van der Waals surface area (Å²) in [5.41, 5.74) is 2.60. The Bertz CT molecular complexity index is 984. The van der Waals surface area contributed by atoms with Crippen LogP contribution in [0.15, 0.2) is 54.6 Å². The van der Waals surface area contributed by atoms with E-state index in [1.807, 2.05) is 42.5 Å². The van der Waals surface area contributed by atoms with Gasteiger partial charge in [0.15, 0.2) is 5.82 Å². The number of aromatic amines is 1. The van der Waals surface area contributed by atoms with E-state index in [-0.39, 0.29) is 11.9 Å². The van der Waals surface area contributed by atoms with Crippen molar-refractivity contribution in [3.63, 3.8) is 0 Å². The highest BCUT2D eigenvalue weighted by Gasteiger charge is 2.26. The second-order valence-electron chi connectivity index (χ2n) is 7.01. The van der Waals surface area contributed by atoms with Crippen LogP contribution in [-0.4, -0.2) is 49.5 Å². The second kappa shape index (κ2) is 8.26. The average Bonchev–Trinajstić information content (AvgIpc) is 3.43. The molecule has 7 nitrogen and oxygen atoms in total. The first kappa shape index (κ1) is 18.9. The number of H-pyrrole nitrogens is 1. The number of hydrogen-bond donors (Lipinski definition) is 2. The number of carbonyl (C=O) groups excluding carboxylic acids is 1. The summed E-state index contributed by atoms with van der Waals surface area (Å²) in [5, 5.41) is 10.7. The number of anilines is 1. The monoisotopic (exact) mass is 392 g/mol. The zero-order chi connectivity index (χ0) is 20.2. The molecule has 0 aliphatic carbocycles. The fourth-order valence-corrected chi connectivity index (χ4v) is 3.51. The zero-order valence-electron chi connectivity index (χ0n) is 16.5. The number of hydrogen-bond acceptors (Lipinski definition) is 5. The minimum absolute atomic E-state index is 0.0786. The molecule has 150 valence electrons. The molecule has 2 heterocycles. The van der Waals surface area contributed by atoms with E-state index < -0.39 is 0 Å². The third-order valence-corrected chi connectivity index (χ3v) is 5.14. The van der Waals surface area contributed by atoms with Crippen LogP contribution < -0.4 is 19.7 Å². The molecule has 1 unspecified atom stereocenters. The summed E-state index contributed by atoms with van der Waals surface area (Å²) in [6.07, 6.45) is 0.875. The first-order chi connectivity index (χ1) is 14.2. The van der Waals surface area contributed by atoms with Crippen LogP contribution in [0.1, 0.15) is 16.8 Å². The van der Waals surface area contributed by atoms with Crippen LogP contribution in [-0.2, 0) is 0 Å². The average molecular weight is 392 g/mol. The van der Waals surface area contributed by atoms with Gasteiger partial charge in [0.25, 0.3) is 5.91 Å². The van der Waals surface area contributed by atoms with Crippen LogP contribution in [0.25, 0.3) is 11.3 Å². The van der Waals surface area contributed by atoms with E-state index in [0.717, 1.165) is 42.3 Å². The number of methoxy groups -OCH3 is 2. The number of aromatic nitrogens is 2. The van der Waals surface area contributed by atoms with Gasteiger partial charge in [-0.05, 0) is 54.4 Å². The van der Waals surface area contributed by atoms with E-state index >= 15 is 0 Å². The Balaban J connectivity index is 1.38. The molecular weight excluding hydrogens is 368 g/mol. The molecule has 0 bridgehead atoms. The number of amides is 1. The predicted molar refractivity (Wildman–Crippen MR) is 112 cm³/mol. The van der Waals surface area contributed by atoms with E-state index in [9.17, 15) is 4.79 Å². The van der Waals surface area contributed by atoms with Gasteiger partial charge >= 0.3 is 0 Å². The lowest BCUT2D eigenvalue weighted by Crippen LogP contribution is -2.37. The lowest BCUT2D eigenvalue weighted by Gasteiger charge is -2.16. The molecule has 1 saturated heterocycles. The third-order valence-electron chi connectivity index (χ3n) is 5.14. The number of carbonyl (C=O) groups is 1. The molecule has 1 aliphatic heterocycles. The predicted octanol–water partition coefficient (Wildman–Crippen LogP) is 3.10. The molecule has 1 amide bonds. The maximum absolute atomic E-state index is 12.5. The molecule has 2 N–H and O–H groups in total. The van der Waals surface area contributed by atoms with Crippen molar-refractivity contribution in [2.75, 3.05) is 32.2 Å². The number of nitrogens with one attached hydrogen (secondary N) is 2. The Morgan fingerprint density at radius 1 is 1.10 bits per heavy atom. The Labute approximate surface area is 169 Å². The van der Waals surface area contributed by atoms with Gasteiger partial charge in [0.2, 0.25) is 0 Å². The summed E-state index contributed by atoms with van der Waals surface area (Å²) in [6, 6.07) is 17.1. The summed E-state index contributed by atoms with van der Waals surface area (Å²) in [4.78, 5) is 14.7. The van der Waals surface area contributed by atoms with Crippen molar-refractivity contribution < 1.29 is 14.3 Å². The fraction of sp³-hybridized carbons (Fsp3) is 0.273. The smallest absolute Gasteiger partial charge is 0.251 e. The second-order valence-corrected chi connectivity index (χ2v) is 7.01. The van der Waals surface area contributed by atoms with Crippen LogP contribution in [0.3, 0.4) is 0 Å². The van der Waals surface area contributed by atoms with Crippen molar-refractivity contribution in [1.29, 1.82) is 0 Å². The lowest BCUT2D eigenvalue weighted by molar-refractivity contribution is 0.0940. The van der Waals surface area contributed by atoms with E-state index in [1.54, 1.807) is 26.4 Å². The molecule has 0 saturated carbocycles. The molecule has 1 atom stereocenters. The third kappa shape index (κ3) is 4.18. The van der Waals surface area contributed by atoms with Crippen molar-refractivity contribution in [1.82, 2.24) is 15.5 Å². The topological polar surface area (TPSA) is 79.5 Å². The summed E-state index contributed by atoms with van der Waals surface area (Å²) < 4.78 is 10.4. The van der Waals surface area contributed by atoms with Crippen molar-refractivity contribution in [3.8, 4) is 22.8 Å². The van der Waals surface area contributed by atoms with Gasteiger partial charge in [-0.1, -0.05) is 6.07 Å². The summed E-state index contributed by atoms with van der Waals surface area (Å²) in [7, 11) is 3.25. The molecule has 0 radical (unpaired) electrons. The number of rotatable bonds is 6. The first-order valence-electron chi connectivity index (χ1n) is 9.56. The van der Waals surface area contributed by atoms with Crippen molar-refractivity contribution in [2.24, 2.45) is 0 Å². The normalized spacial score (nSPS) is 15.9. The minimum atomic E-state index is -0.0864. The molecular formula is C22H24N4O3. The van der Waals surface area contributed by atoms with Crippen LogP contribution in [0.4, 0.5) is 5.82 Å². The van der Waals surface area contributed by atoms with Gasteiger partial charge in [0.1, 0.15) is 11.5 Å². The largest absolute Gasteiger partial charge is 0.497 e. The quantitative estimate of drug-likeness (QED) is 0.674. The van der Waals surface area contributed by atoms with Gasteiger partial charge in [-0.25, -0.2) is 0 Å². The Morgan fingerprint density at radius 2 is 1.90 bits per heavy atom. The van der Waals surface area contributed by atoms with Gasteiger partial charge in [-0.15, -0.1) is 0 Å². The molecule has 7 heteroatoms. The highest BCUT2D eigenvalue weighted by Crippen LogP contribution is 2.26. The maximum Gasteiger partial charge on any atom is 0.251 e. The Hall–Kier alpha value is -3.48. The SMILES string of the molecule is COc1ccc(-c2cc(N3CCC(NC(=O)c4cccc(OC)c4)C3)n[nH]2)cc1. The van der Waals surface area contributed by atoms with Crippen molar-refractivity contribution in [2.45, 2.75) is 12.5 Å². The van der Waals surface area contributed by atoms with Crippen LogP contribution >= 0.6 is 0 Å². The van der Waals surface area contributed by atoms with Crippen molar-refractivity contribution >= 4 is 11.7 Å². The maximum atomic E-state index is 12.5. The number of ether oxygens (including phenoxy) is 2. The lowest BCUT2D eigenvalue weighted by atomic mass is 10.1. The van der Waals surface area contributed by atoms with Gasteiger partial charge in [-0.2, -0.15) is 5.10 Å². The van der Waals surface area contributed by atoms with Crippen LogP contribution in [0.2, 0.25) is 0 Å². The Morgan fingerprint density at radius 3 is 2.66 bits per heavy atom. The number of nitrogens with zero attached hydrogens (tertiary/aromatic N) is 2. The first-order valence-corrected chi connectivity index (χ1v) is 9.56. The molecule has 2 aromatic carbocycles. The van der Waals surface area contributed by atoms with Crippen LogP contribution in [0, 0.1) is 0 Å². The van der Waals surface area contributed by atoms with Crippen molar-refractivity contribution in [3.05, 3.63) is 60.2 Å². The molecule has 1 aliphatic rings. The van der Waals surface area contributed by atoms with E-state index in [2.05, 4.69) is 20.4 Å². The van der Waals surface area contributed by atoms with Gasteiger partial charge in [-0.3, -0.25) is 9.89 Å². The molecule has 3 aromatic rings. The van der Waals surface area contributed by atoms with Gasteiger partial charge in [0.05, 0.1) is 19.9 Å². The highest BCUT2D eigenvalue weighted by atomic mass is 16.5. The standard InChI is InChI=1S/C22H24N4O3/c1-28-18-8-6-15(7-9-18)20-13-21(25-24-20)26-11-10-17(14-26)23-22(27)16-4-3-5-19(12-16)29-2/h3-9,12-13,17H,10-11,14H2,1-2H3,(H,23,27)(H,24,25). The summed E-state index contributed by atoms with van der Waals surface area (Å²) in [5.74, 6) is 2.29. The molecule has 0 spiro atoms. The fourth-order valence-electron chi connectivity index (χ4n) is 3.51. The zero-order valence-corrected chi connectivity index (χ0v) is 16.5.